The van der Waals surface area contributed by atoms with Crippen molar-refractivity contribution in [3.63, 3.8) is 0 Å². The van der Waals surface area contributed by atoms with Crippen LogP contribution in [-0.4, -0.2) is 14.8 Å². The fourth-order valence-corrected chi connectivity index (χ4v) is 2.08. The second-order valence-corrected chi connectivity index (χ2v) is 4.44. The fraction of sp³-hybridized carbons (Fsp3) is 0.385. The molecule has 0 amide bonds. The van der Waals surface area contributed by atoms with Gasteiger partial charge in [0.2, 0.25) is 0 Å². The summed E-state index contributed by atoms with van der Waals surface area (Å²) in [5, 5.41) is 4.66. The van der Waals surface area contributed by atoms with Gasteiger partial charge in [0.25, 0.3) is 0 Å². The molecule has 3 heteroatoms. The molecule has 0 radical (unpaired) electrons. The Morgan fingerprint density at radius 3 is 2.81 bits per heavy atom. The highest BCUT2D eigenvalue weighted by atomic mass is 15.3. The fourth-order valence-electron chi connectivity index (χ4n) is 2.08. The van der Waals surface area contributed by atoms with Crippen LogP contribution in [0.2, 0.25) is 0 Å². The molecular formula is C13H15N3. The number of pyridine rings is 1. The summed E-state index contributed by atoms with van der Waals surface area (Å²) in [5.74, 6) is 0. The van der Waals surface area contributed by atoms with E-state index >= 15 is 0 Å². The summed E-state index contributed by atoms with van der Waals surface area (Å²) in [6.45, 7) is 2.10. The highest BCUT2D eigenvalue weighted by Crippen LogP contribution is 2.32. The molecule has 0 aromatic carbocycles. The lowest BCUT2D eigenvalue weighted by Gasteiger charge is -2.25. The second-order valence-electron chi connectivity index (χ2n) is 4.44. The van der Waals surface area contributed by atoms with E-state index in [0.717, 1.165) is 11.4 Å². The summed E-state index contributed by atoms with van der Waals surface area (Å²) in [6, 6.07) is 6.57. The largest absolute Gasteiger partial charge is 0.269 e. The molecule has 82 valence electrons. The van der Waals surface area contributed by atoms with Crippen LogP contribution in [-0.2, 0) is 0 Å². The van der Waals surface area contributed by atoms with Crippen molar-refractivity contribution >= 4 is 0 Å². The van der Waals surface area contributed by atoms with Crippen LogP contribution in [0.5, 0.6) is 0 Å². The third-order valence-corrected chi connectivity index (χ3v) is 3.27. The average Bonchev–Trinajstić information content (AvgIpc) is 2.59. The van der Waals surface area contributed by atoms with Gasteiger partial charge < -0.3 is 0 Å². The van der Waals surface area contributed by atoms with Crippen molar-refractivity contribution in [2.45, 2.75) is 32.2 Å². The van der Waals surface area contributed by atoms with Gasteiger partial charge in [-0.15, -0.1) is 0 Å². The molecule has 0 spiro atoms. The zero-order valence-corrected chi connectivity index (χ0v) is 9.43. The number of rotatable bonds is 2. The topological polar surface area (TPSA) is 30.7 Å². The average molecular weight is 213 g/mol. The van der Waals surface area contributed by atoms with Gasteiger partial charge in [-0.2, -0.15) is 5.10 Å². The third kappa shape index (κ3) is 1.52. The Kier molecular flexibility index (Phi) is 2.24. The molecule has 0 saturated heterocycles. The summed E-state index contributed by atoms with van der Waals surface area (Å²) >= 11 is 0. The standard InChI is InChI=1S/C13H15N3/c1-10-9-16(11-5-4-6-11)15-13(10)12-7-2-3-8-14-12/h2-3,7-9,11H,4-6H2,1H3. The highest BCUT2D eigenvalue weighted by Gasteiger charge is 2.21. The maximum Gasteiger partial charge on any atom is 0.114 e. The Hall–Kier alpha value is -1.64. The van der Waals surface area contributed by atoms with Gasteiger partial charge in [0.1, 0.15) is 5.69 Å². The van der Waals surface area contributed by atoms with Crippen LogP contribution in [0.3, 0.4) is 0 Å². The molecule has 0 N–H and O–H groups in total. The van der Waals surface area contributed by atoms with Gasteiger partial charge in [-0.1, -0.05) is 6.07 Å². The van der Waals surface area contributed by atoms with Crippen molar-refractivity contribution < 1.29 is 0 Å². The lowest BCUT2D eigenvalue weighted by molar-refractivity contribution is 0.289. The molecular weight excluding hydrogens is 198 g/mol. The first-order chi connectivity index (χ1) is 7.84. The highest BCUT2D eigenvalue weighted by molar-refractivity contribution is 5.57. The Morgan fingerprint density at radius 2 is 2.19 bits per heavy atom. The van der Waals surface area contributed by atoms with Crippen molar-refractivity contribution in [3.8, 4) is 11.4 Å². The Morgan fingerprint density at radius 1 is 1.31 bits per heavy atom. The Bertz CT molecular complexity index is 483. The van der Waals surface area contributed by atoms with Crippen molar-refractivity contribution in [1.29, 1.82) is 0 Å². The van der Waals surface area contributed by atoms with Crippen LogP contribution in [0.1, 0.15) is 30.9 Å². The molecule has 2 aromatic heterocycles. The van der Waals surface area contributed by atoms with E-state index in [9.17, 15) is 0 Å². The van der Waals surface area contributed by atoms with E-state index in [1.807, 2.05) is 24.4 Å². The lowest BCUT2D eigenvalue weighted by atomic mass is 9.93. The van der Waals surface area contributed by atoms with Gasteiger partial charge in [0.05, 0.1) is 11.7 Å². The lowest BCUT2D eigenvalue weighted by Crippen LogP contribution is -2.17. The maximum atomic E-state index is 4.66. The summed E-state index contributed by atoms with van der Waals surface area (Å²) in [7, 11) is 0. The summed E-state index contributed by atoms with van der Waals surface area (Å²) in [4.78, 5) is 4.35. The molecule has 2 aromatic rings. The summed E-state index contributed by atoms with van der Waals surface area (Å²) < 4.78 is 2.11. The first-order valence-corrected chi connectivity index (χ1v) is 5.82. The van der Waals surface area contributed by atoms with Crippen LogP contribution < -0.4 is 0 Å². The molecule has 1 saturated carbocycles. The van der Waals surface area contributed by atoms with Crippen molar-refractivity contribution in [3.05, 3.63) is 36.2 Å². The van der Waals surface area contributed by atoms with E-state index in [4.69, 9.17) is 0 Å². The molecule has 0 atom stereocenters. The molecule has 1 aliphatic rings. The zero-order chi connectivity index (χ0) is 11.0. The van der Waals surface area contributed by atoms with Crippen LogP contribution in [0.15, 0.2) is 30.6 Å². The first kappa shape index (κ1) is 9.58. The van der Waals surface area contributed by atoms with Gasteiger partial charge >= 0.3 is 0 Å². The number of hydrogen-bond acceptors (Lipinski definition) is 2. The number of nitrogens with zero attached hydrogens (tertiary/aromatic N) is 3. The van der Waals surface area contributed by atoms with Crippen LogP contribution in [0.4, 0.5) is 0 Å². The SMILES string of the molecule is Cc1cn(C2CCC2)nc1-c1ccccn1. The smallest absolute Gasteiger partial charge is 0.114 e. The molecule has 3 rings (SSSR count). The van der Waals surface area contributed by atoms with E-state index in [1.165, 1.54) is 24.8 Å². The number of aromatic nitrogens is 3. The van der Waals surface area contributed by atoms with Crippen molar-refractivity contribution in [2.24, 2.45) is 0 Å². The minimum Gasteiger partial charge on any atom is -0.269 e. The van der Waals surface area contributed by atoms with E-state index in [1.54, 1.807) is 0 Å². The molecule has 16 heavy (non-hydrogen) atoms. The van der Waals surface area contributed by atoms with E-state index in [0.29, 0.717) is 6.04 Å². The van der Waals surface area contributed by atoms with Crippen LogP contribution >= 0.6 is 0 Å². The van der Waals surface area contributed by atoms with Gasteiger partial charge in [-0.05, 0) is 43.9 Å². The molecule has 2 heterocycles. The first-order valence-electron chi connectivity index (χ1n) is 5.82. The minimum absolute atomic E-state index is 0.621. The maximum absolute atomic E-state index is 4.66. The monoisotopic (exact) mass is 213 g/mol. The summed E-state index contributed by atoms with van der Waals surface area (Å²) in [5.41, 5.74) is 3.20. The van der Waals surface area contributed by atoms with Gasteiger partial charge in [0, 0.05) is 12.4 Å². The van der Waals surface area contributed by atoms with E-state index < -0.39 is 0 Å². The van der Waals surface area contributed by atoms with E-state index in [-0.39, 0.29) is 0 Å². The predicted octanol–water partition coefficient (Wildman–Crippen LogP) is 2.98. The number of aryl methyl sites for hydroxylation is 1. The zero-order valence-electron chi connectivity index (χ0n) is 9.43. The molecule has 0 unspecified atom stereocenters. The molecule has 1 aliphatic carbocycles. The van der Waals surface area contributed by atoms with Gasteiger partial charge in [-0.25, -0.2) is 0 Å². The van der Waals surface area contributed by atoms with Crippen LogP contribution in [0.25, 0.3) is 11.4 Å². The Labute approximate surface area is 95.1 Å². The minimum atomic E-state index is 0.621. The van der Waals surface area contributed by atoms with Gasteiger partial charge in [-0.3, -0.25) is 9.67 Å². The normalized spacial score (nSPS) is 16.1. The quantitative estimate of drug-likeness (QED) is 0.767. The van der Waals surface area contributed by atoms with Gasteiger partial charge in [0.15, 0.2) is 0 Å². The second kappa shape index (κ2) is 3.74. The molecule has 0 bridgehead atoms. The van der Waals surface area contributed by atoms with E-state index in [2.05, 4.69) is 27.9 Å². The third-order valence-electron chi connectivity index (χ3n) is 3.27. The van der Waals surface area contributed by atoms with Crippen molar-refractivity contribution in [1.82, 2.24) is 14.8 Å². The molecule has 0 aliphatic heterocycles. The molecule has 1 fully saturated rings. The predicted molar refractivity (Wildman–Crippen MR) is 63.1 cm³/mol. The van der Waals surface area contributed by atoms with Crippen LogP contribution in [0, 0.1) is 6.92 Å². The summed E-state index contributed by atoms with van der Waals surface area (Å²) in [6.07, 6.45) is 7.83. The van der Waals surface area contributed by atoms with Crippen molar-refractivity contribution in [2.75, 3.05) is 0 Å². The molecule has 3 nitrogen and oxygen atoms in total. The Balaban J connectivity index is 1.98. The number of hydrogen-bond donors (Lipinski definition) is 0.